The van der Waals surface area contributed by atoms with Crippen LogP contribution in [0.1, 0.15) is 72.3 Å². The van der Waals surface area contributed by atoms with Crippen LogP contribution in [0, 0.1) is 6.92 Å². The fourth-order valence-corrected chi connectivity index (χ4v) is 2.98. The molecule has 3 N–H and O–H groups in total. The second-order valence-electron chi connectivity index (χ2n) is 8.43. The Labute approximate surface area is 201 Å². The van der Waals surface area contributed by atoms with E-state index in [0.717, 1.165) is 11.3 Å². The molecule has 2 aromatic rings. The largest absolute Gasteiger partial charge is 0.490 e. The lowest BCUT2D eigenvalue weighted by Gasteiger charge is -2.19. The monoisotopic (exact) mass is 500 g/mol. The molecule has 0 aliphatic heterocycles. The maximum Gasteiger partial charge on any atom is 0.490 e. The van der Waals surface area contributed by atoms with Crippen molar-refractivity contribution in [1.82, 2.24) is 4.98 Å². The number of hydrogen-bond acceptors (Lipinski definition) is 6. The lowest BCUT2D eigenvalue weighted by atomic mass is 10.1. The van der Waals surface area contributed by atoms with Gasteiger partial charge in [-0.1, -0.05) is 19.1 Å². The van der Waals surface area contributed by atoms with E-state index in [1.54, 1.807) is 6.92 Å². The molecule has 0 radical (unpaired) electrons. The van der Waals surface area contributed by atoms with Crippen molar-refractivity contribution in [2.75, 3.05) is 11.9 Å². The van der Waals surface area contributed by atoms with Crippen LogP contribution in [0.3, 0.4) is 0 Å². The van der Waals surface area contributed by atoms with Gasteiger partial charge in [-0.3, -0.25) is 0 Å². The molecule has 0 saturated heterocycles. The first-order valence-electron chi connectivity index (χ1n) is 10.9. The zero-order chi connectivity index (χ0) is 27.0. The molecule has 8 nitrogen and oxygen atoms in total. The number of rotatable bonds is 7. The Morgan fingerprint density at radius 2 is 1.69 bits per heavy atom. The lowest BCUT2D eigenvalue weighted by molar-refractivity contribution is -0.192. The predicted molar refractivity (Wildman–Crippen MR) is 123 cm³/mol. The summed E-state index contributed by atoms with van der Waals surface area (Å²) in [5, 5.41) is 10.4. The highest BCUT2D eigenvalue weighted by Gasteiger charge is 2.38. The van der Waals surface area contributed by atoms with Gasteiger partial charge in [-0.25, -0.2) is 14.4 Å². The van der Waals surface area contributed by atoms with E-state index >= 15 is 0 Å². The zero-order valence-electron chi connectivity index (χ0n) is 20.6. The number of alkyl halides is 3. The number of carboxylic acid groups (broad SMARTS) is 1. The van der Waals surface area contributed by atoms with Gasteiger partial charge in [0.15, 0.2) is 0 Å². The van der Waals surface area contributed by atoms with E-state index in [9.17, 15) is 22.8 Å². The van der Waals surface area contributed by atoms with Crippen molar-refractivity contribution < 1.29 is 42.1 Å². The first kappa shape index (κ1) is 29.5. The predicted octanol–water partition coefficient (Wildman–Crippen LogP) is 5.26. The fourth-order valence-electron chi connectivity index (χ4n) is 2.98. The number of H-pyrrole nitrogens is 1. The van der Waals surface area contributed by atoms with Crippen LogP contribution in [0.2, 0.25) is 0 Å². The zero-order valence-corrected chi connectivity index (χ0v) is 20.6. The Bertz CT molecular complexity index is 1040. The van der Waals surface area contributed by atoms with Crippen LogP contribution < -0.4 is 5.32 Å². The maximum atomic E-state index is 12.7. The number of nitrogens with one attached hydrogen (secondary N) is 2. The number of benzene rings is 1. The molecule has 1 aromatic heterocycles. The molecule has 0 atom stereocenters. The molecule has 0 aliphatic carbocycles. The van der Waals surface area contributed by atoms with Crippen LogP contribution in [0.25, 0.3) is 0 Å². The Balaban J connectivity index is 0.000000762. The normalized spacial score (nSPS) is 11.2. The minimum Gasteiger partial charge on any atom is -0.475 e. The topological polar surface area (TPSA) is 118 Å². The van der Waals surface area contributed by atoms with Gasteiger partial charge in [0.05, 0.1) is 18.7 Å². The van der Waals surface area contributed by atoms with Crippen LogP contribution >= 0.6 is 0 Å². The highest BCUT2D eigenvalue weighted by molar-refractivity contribution is 5.99. The minimum atomic E-state index is -5.08. The number of aliphatic carboxylic acids is 1. The quantitative estimate of drug-likeness (QED) is 0.444. The van der Waals surface area contributed by atoms with E-state index in [0.29, 0.717) is 35.5 Å². The molecule has 0 saturated carbocycles. The summed E-state index contributed by atoms with van der Waals surface area (Å²) < 4.78 is 42.5. The molecule has 1 aromatic carbocycles. The Morgan fingerprint density at radius 1 is 1.09 bits per heavy atom. The third-order valence-electron chi connectivity index (χ3n) is 4.35. The SMILES string of the molecule is CCOC(=O)c1c(CNc2cccc(C)c2)[nH]c(C(=O)OC(C)(C)C)c1CC.O=C(O)C(F)(F)F. The van der Waals surface area contributed by atoms with E-state index in [4.69, 9.17) is 19.4 Å². The summed E-state index contributed by atoms with van der Waals surface area (Å²) in [5.74, 6) is -3.67. The average molecular weight is 501 g/mol. The number of aryl methyl sites for hydroxylation is 1. The van der Waals surface area contributed by atoms with Crippen LogP contribution in [-0.2, 0) is 27.2 Å². The average Bonchev–Trinajstić information content (AvgIpc) is 3.10. The van der Waals surface area contributed by atoms with Gasteiger partial charge in [-0.15, -0.1) is 0 Å². The van der Waals surface area contributed by atoms with Gasteiger partial charge >= 0.3 is 24.1 Å². The Hall–Kier alpha value is -3.50. The molecular formula is C24H31F3N2O6. The molecule has 194 valence electrons. The van der Waals surface area contributed by atoms with Gasteiger partial charge in [-0.2, -0.15) is 13.2 Å². The number of carboxylic acids is 1. The fraction of sp³-hybridized carbons (Fsp3) is 0.458. The highest BCUT2D eigenvalue weighted by atomic mass is 19.4. The summed E-state index contributed by atoms with van der Waals surface area (Å²) in [5.41, 5.74) is 3.38. The van der Waals surface area contributed by atoms with Crippen molar-refractivity contribution in [2.24, 2.45) is 0 Å². The molecule has 35 heavy (non-hydrogen) atoms. The van der Waals surface area contributed by atoms with Gasteiger partial charge in [0, 0.05) is 11.4 Å². The molecule has 0 aliphatic rings. The second-order valence-corrected chi connectivity index (χ2v) is 8.43. The number of hydrogen-bond donors (Lipinski definition) is 3. The number of ether oxygens (including phenoxy) is 2. The van der Waals surface area contributed by atoms with Gasteiger partial charge in [0.25, 0.3) is 0 Å². The molecule has 0 unspecified atom stereocenters. The van der Waals surface area contributed by atoms with Crippen molar-refractivity contribution in [1.29, 1.82) is 0 Å². The van der Waals surface area contributed by atoms with Crippen molar-refractivity contribution in [2.45, 2.75) is 66.3 Å². The Morgan fingerprint density at radius 3 is 2.14 bits per heavy atom. The van der Waals surface area contributed by atoms with Crippen molar-refractivity contribution in [3.63, 3.8) is 0 Å². The van der Waals surface area contributed by atoms with Crippen molar-refractivity contribution >= 4 is 23.6 Å². The maximum absolute atomic E-state index is 12.7. The van der Waals surface area contributed by atoms with Crippen LogP contribution in [0.4, 0.5) is 18.9 Å². The smallest absolute Gasteiger partial charge is 0.475 e. The molecule has 0 spiro atoms. The van der Waals surface area contributed by atoms with E-state index in [2.05, 4.69) is 10.3 Å². The molecule has 11 heteroatoms. The van der Waals surface area contributed by atoms with E-state index in [1.807, 2.05) is 58.9 Å². The first-order valence-corrected chi connectivity index (χ1v) is 10.9. The number of carbonyl (C=O) groups excluding carboxylic acids is 2. The summed E-state index contributed by atoms with van der Waals surface area (Å²) in [6.07, 6.45) is -4.58. The summed E-state index contributed by atoms with van der Waals surface area (Å²) in [7, 11) is 0. The van der Waals surface area contributed by atoms with Crippen LogP contribution in [-0.4, -0.2) is 46.4 Å². The molecule has 0 fully saturated rings. The van der Waals surface area contributed by atoms with E-state index in [1.165, 1.54) is 0 Å². The van der Waals surface area contributed by atoms with Crippen LogP contribution in [0.15, 0.2) is 24.3 Å². The number of halogens is 3. The minimum absolute atomic E-state index is 0.264. The summed E-state index contributed by atoms with van der Waals surface area (Å²) >= 11 is 0. The number of aromatic nitrogens is 1. The van der Waals surface area contributed by atoms with Crippen molar-refractivity contribution in [3.05, 3.63) is 52.3 Å². The Kier molecular flexibility index (Phi) is 10.4. The standard InChI is InChI=1S/C22H30N2O4.C2HF3O2/c1-7-16-18(20(25)27-8-2)17(13-23-15-11-9-10-14(3)12-15)24-19(16)21(26)28-22(4,5)6;3-2(4,5)1(6)7/h9-12,23-24H,7-8,13H2,1-6H3;(H,6,7). The summed E-state index contributed by atoms with van der Waals surface area (Å²) in [6.45, 7) is 11.7. The van der Waals surface area contributed by atoms with Crippen LogP contribution in [0.5, 0.6) is 0 Å². The molecular weight excluding hydrogens is 469 g/mol. The molecule has 0 amide bonds. The summed E-state index contributed by atoms with van der Waals surface area (Å²) in [4.78, 5) is 37.3. The lowest BCUT2D eigenvalue weighted by Crippen LogP contribution is -2.24. The van der Waals surface area contributed by atoms with Gasteiger partial charge < -0.3 is 24.9 Å². The van der Waals surface area contributed by atoms with E-state index < -0.39 is 29.7 Å². The van der Waals surface area contributed by atoms with Gasteiger partial charge in [-0.05, 0) is 64.3 Å². The van der Waals surface area contributed by atoms with Gasteiger partial charge in [0.2, 0.25) is 0 Å². The molecule has 0 bridgehead atoms. The third-order valence-corrected chi connectivity index (χ3v) is 4.35. The second kappa shape index (κ2) is 12.3. The number of carbonyl (C=O) groups is 3. The number of aromatic amines is 1. The number of anilines is 1. The van der Waals surface area contributed by atoms with Crippen molar-refractivity contribution in [3.8, 4) is 0 Å². The highest BCUT2D eigenvalue weighted by Crippen LogP contribution is 2.25. The molecule has 1 heterocycles. The molecule has 2 rings (SSSR count). The first-order chi connectivity index (χ1) is 16.1. The summed E-state index contributed by atoms with van der Waals surface area (Å²) in [6, 6.07) is 7.94. The van der Waals surface area contributed by atoms with Gasteiger partial charge in [0.1, 0.15) is 11.3 Å². The van der Waals surface area contributed by atoms with E-state index in [-0.39, 0.29) is 6.61 Å². The number of esters is 2. The third kappa shape index (κ3) is 9.34.